The van der Waals surface area contributed by atoms with Crippen LogP contribution in [0.3, 0.4) is 0 Å². The minimum Gasteiger partial charge on any atom is -0.497 e. The van der Waals surface area contributed by atoms with Gasteiger partial charge in [-0.05, 0) is 39.7 Å². The third-order valence-corrected chi connectivity index (χ3v) is 3.44. The Bertz CT molecular complexity index is 560. The van der Waals surface area contributed by atoms with Gasteiger partial charge in [0, 0.05) is 24.3 Å². The SMILES string of the molecule is COc1ccc(CN(C)c2ncc(Br)cc2Cl)cc1. The quantitative estimate of drug-likeness (QED) is 0.835. The molecule has 0 amide bonds. The minimum absolute atomic E-state index is 0.630. The fourth-order valence-corrected chi connectivity index (χ4v) is 2.54. The molecular weight excluding hydrogens is 328 g/mol. The van der Waals surface area contributed by atoms with E-state index in [0.717, 1.165) is 22.6 Å². The smallest absolute Gasteiger partial charge is 0.147 e. The molecule has 0 saturated heterocycles. The van der Waals surface area contributed by atoms with E-state index >= 15 is 0 Å². The van der Waals surface area contributed by atoms with Crippen LogP contribution in [0.2, 0.25) is 5.02 Å². The summed E-state index contributed by atoms with van der Waals surface area (Å²) in [6.07, 6.45) is 1.74. The van der Waals surface area contributed by atoms with Crippen molar-refractivity contribution in [1.82, 2.24) is 4.98 Å². The van der Waals surface area contributed by atoms with Gasteiger partial charge in [0.1, 0.15) is 11.6 Å². The van der Waals surface area contributed by atoms with Gasteiger partial charge in [0.2, 0.25) is 0 Å². The van der Waals surface area contributed by atoms with E-state index in [9.17, 15) is 0 Å². The summed E-state index contributed by atoms with van der Waals surface area (Å²) < 4.78 is 6.01. The van der Waals surface area contributed by atoms with Crippen molar-refractivity contribution in [3.8, 4) is 5.75 Å². The summed E-state index contributed by atoms with van der Waals surface area (Å²) in [5.74, 6) is 1.62. The van der Waals surface area contributed by atoms with E-state index in [1.807, 2.05) is 42.3 Å². The Kier molecular flexibility index (Phi) is 4.66. The van der Waals surface area contributed by atoms with Crippen molar-refractivity contribution in [1.29, 1.82) is 0 Å². The number of nitrogens with zero attached hydrogens (tertiary/aromatic N) is 2. The Labute approximate surface area is 126 Å². The molecule has 0 aliphatic carbocycles. The van der Waals surface area contributed by atoms with E-state index in [-0.39, 0.29) is 0 Å². The first-order valence-corrected chi connectivity index (χ1v) is 6.92. The van der Waals surface area contributed by atoms with E-state index in [1.165, 1.54) is 5.56 Å². The van der Waals surface area contributed by atoms with Crippen molar-refractivity contribution in [3.63, 3.8) is 0 Å². The molecule has 0 aliphatic heterocycles. The van der Waals surface area contributed by atoms with Crippen LogP contribution in [-0.2, 0) is 6.54 Å². The number of methoxy groups -OCH3 is 1. The number of anilines is 1. The highest BCUT2D eigenvalue weighted by Crippen LogP contribution is 2.26. The number of hydrogen-bond donors (Lipinski definition) is 0. The largest absolute Gasteiger partial charge is 0.497 e. The molecule has 0 N–H and O–H groups in total. The second-order valence-corrected chi connectivity index (χ2v) is 5.49. The zero-order valence-corrected chi connectivity index (χ0v) is 13.1. The lowest BCUT2D eigenvalue weighted by Gasteiger charge is -2.19. The molecule has 0 saturated carbocycles. The normalized spacial score (nSPS) is 10.3. The molecular formula is C14H14BrClN2O. The highest BCUT2D eigenvalue weighted by molar-refractivity contribution is 9.10. The summed E-state index contributed by atoms with van der Waals surface area (Å²) in [4.78, 5) is 6.34. The van der Waals surface area contributed by atoms with Gasteiger partial charge in [-0.25, -0.2) is 4.98 Å². The molecule has 100 valence electrons. The first-order chi connectivity index (χ1) is 9.10. The summed E-state index contributed by atoms with van der Waals surface area (Å²) >= 11 is 9.53. The molecule has 1 heterocycles. The molecule has 0 fully saturated rings. The van der Waals surface area contributed by atoms with Gasteiger partial charge in [0.15, 0.2) is 0 Å². The van der Waals surface area contributed by atoms with Crippen molar-refractivity contribution in [3.05, 3.63) is 51.6 Å². The zero-order chi connectivity index (χ0) is 13.8. The number of hydrogen-bond acceptors (Lipinski definition) is 3. The third-order valence-electron chi connectivity index (χ3n) is 2.73. The van der Waals surface area contributed by atoms with Gasteiger partial charge >= 0.3 is 0 Å². The molecule has 19 heavy (non-hydrogen) atoms. The van der Waals surface area contributed by atoms with Crippen LogP contribution in [0.4, 0.5) is 5.82 Å². The maximum absolute atomic E-state index is 6.18. The predicted molar refractivity (Wildman–Crippen MR) is 82.0 cm³/mol. The van der Waals surface area contributed by atoms with E-state index in [0.29, 0.717) is 5.02 Å². The van der Waals surface area contributed by atoms with E-state index in [2.05, 4.69) is 20.9 Å². The van der Waals surface area contributed by atoms with Gasteiger partial charge < -0.3 is 9.64 Å². The van der Waals surface area contributed by atoms with Crippen molar-refractivity contribution >= 4 is 33.3 Å². The van der Waals surface area contributed by atoms with Crippen molar-refractivity contribution < 1.29 is 4.74 Å². The molecule has 0 unspecified atom stereocenters. The number of pyridine rings is 1. The van der Waals surface area contributed by atoms with Crippen molar-refractivity contribution in [2.75, 3.05) is 19.1 Å². The maximum atomic E-state index is 6.18. The van der Waals surface area contributed by atoms with Crippen molar-refractivity contribution in [2.45, 2.75) is 6.54 Å². The summed E-state index contributed by atoms with van der Waals surface area (Å²) in [6, 6.07) is 9.79. The van der Waals surface area contributed by atoms with Gasteiger partial charge in [0.25, 0.3) is 0 Å². The van der Waals surface area contributed by atoms with Crippen LogP contribution < -0.4 is 9.64 Å². The lowest BCUT2D eigenvalue weighted by molar-refractivity contribution is 0.414. The molecule has 0 aliphatic rings. The second-order valence-electron chi connectivity index (χ2n) is 4.16. The maximum Gasteiger partial charge on any atom is 0.147 e. The Morgan fingerprint density at radius 2 is 2.00 bits per heavy atom. The van der Waals surface area contributed by atoms with Crippen LogP contribution in [0.15, 0.2) is 41.0 Å². The summed E-state index contributed by atoms with van der Waals surface area (Å²) in [6.45, 7) is 0.734. The first-order valence-electron chi connectivity index (χ1n) is 5.75. The van der Waals surface area contributed by atoms with Crippen LogP contribution in [0.5, 0.6) is 5.75 Å². The zero-order valence-electron chi connectivity index (χ0n) is 10.7. The molecule has 1 aromatic heterocycles. The molecule has 2 rings (SSSR count). The lowest BCUT2D eigenvalue weighted by atomic mass is 10.2. The summed E-state index contributed by atoms with van der Waals surface area (Å²) in [5.41, 5.74) is 1.17. The fraction of sp³-hybridized carbons (Fsp3) is 0.214. The monoisotopic (exact) mass is 340 g/mol. The van der Waals surface area contributed by atoms with Gasteiger partial charge in [-0.15, -0.1) is 0 Å². The Hall–Kier alpha value is -1.26. The standard InChI is InChI=1S/C14H14BrClN2O/c1-18(14-13(16)7-11(15)8-17-14)9-10-3-5-12(19-2)6-4-10/h3-8H,9H2,1-2H3. The Balaban J connectivity index is 2.13. The van der Waals surface area contributed by atoms with Gasteiger partial charge in [-0.1, -0.05) is 23.7 Å². The average molecular weight is 342 g/mol. The topological polar surface area (TPSA) is 25.4 Å². The number of aromatic nitrogens is 1. The summed E-state index contributed by atoms with van der Waals surface area (Å²) in [5, 5.41) is 0.630. The van der Waals surface area contributed by atoms with Crippen LogP contribution in [0, 0.1) is 0 Å². The predicted octanol–water partition coefficient (Wildman–Crippen LogP) is 4.14. The molecule has 5 heteroatoms. The van der Waals surface area contributed by atoms with E-state index < -0.39 is 0 Å². The highest BCUT2D eigenvalue weighted by atomic mass is 79.9. The molecule has 2 aromatic rings. The molecule has 3 nitrogen and oxygen atoms in total. The number of halogens is 2. The van der Waals surface area contributed by atoms with Crippen molar-refractivity contribution in [2.24, 2.45) is 0 Å². The van der Waals surface area contributed by atoms with E-state index in [1.54, 1.807) is 13.3 Å². The summed E-state index contributed by atoms with van der Waals surface area (Å²) in [7, 11) is 3.62. The van der Waals surface area contributed by atoms with Crippen LogP contribution in [0.25, 0.3) is 0 Å². The van der Waals surface area contributed by atoms with Crippen LogP contribution in [0.1, 0.15) is 5.56 Å². The number of rotatable bonds is 4. The molecule has 0 bridgehead atoms. The third kappa shape index (κ3) is 3.61. The highest BCUT2D eigenvalue weighted by Gasteiger charge is 2.09. The molecule has 0 radical (unpaired) electrons. The van der Waals surface area contributed by atoms with Gasteiger partial charge in [0.05, 0.1) is 12.1 Å². The van der Waals surface area contributed by atoms with E-state index in [4.69, 9.17) is 16.3 Å². The lowest BCUT2D eigenvalue weighted by Crippen LogP contribution is -2.18. The minimum atomic E-state index is 0.630. The van der Waals surface area contributed by atoms with Crippen LogP contribution in [-0.4, -0.2) is 19.1 Å². The van der Waals surface area contributed by atoms with Gasteiger partial charge in [-0.3, -0.25) is 0 Å². The number of benzene rings is 1. The van der Waals surface area contributed by atoms with Crippen LogP contribution >= 0.6 is 27.5 Å². The molecule has 1 aromatic carbocycles. The second kappa shape index (κ2) is 6.26. The first kappa shape index (κ1) is 14.2. The Morgan fingerprint density at radius 3 is 2.58 bits per heavy atom. The molecule has 0 spiro atoms. The fourth-order valence-electron chi connectivity index (χ4n) is 1.77. The van der Waals surface area contributed by atoms with Gasteiger partial charge in [-0.2, -0.15) is 0 Å². The Morgan fingerprint density at radius 1 is 1.32 bits per heavy atom. The molecule has 0 atom stereocenters. The number of ether oxygens (including phenoxy) is 1. The average Bonchev–Trinajstić information content (AvgIpc) is 2.39.